The molecule has 2 atom stereocenters. The number of nitrogens with one attached hydrogen (secondary N) is 1. The Labute approximate surface area is 122 Å². The first-order valence-electron chi connectivity index (χ1n) is 7.16. The number of primary amides is 1. The summed E-state index contributed by atoms with van der Waals surface area (Å²) >= 11 is 0. The maximum Gasteiger partial charge on any atom is 0.248 e. The van der Waals surface area contributed by atoms with E-state index in [4.69, 9.17) is 5.73 Å². The highest BCUT2D eigenvalue weighted by Gasteiger charge is 2.41. The van der Waals surface area contributed by atoms with E-state index in [2.05, 4.69) is 5.32 Å². The van der Waals surface area contributed by atoms with Gasteiger partial charge in [0.05, 0.1) is 5.92 Å². The normalized spacial score (nSPS) is 25.0. The molecule has 0 aliphatic carbocycles. The molecule has 0 radical (unpaired) electrons. The van der Waals surface area contributed by atoms with Crippen LogP contribution in [-0.4, -0.2) is 35.8 Å². The number of hydrogen-bond acceptors (Lipinski definition) is 3. The molecule has 2 saturated heterocycles. The molecule has 2 aliphatic heterocycles. The number of nitrogens with zero attached hydrogens (tertiary/aromatic N) is 1. The number of carbonyl (C=O) groups is 2. The Morgan fingerprint density at radius 2 is 2.29 bits per heavy atom. The maximum atomic E-state index is 14.0. The van der Waals surface area contributed by atoms with Crippen molar-refractivity contribution in [2.75, 3.05) is 13.1 Å². The minimum absolute atomic E-state index is 0.0201. The molecule has 5 nitrogen and oxygen atoms in total. The Morgan fingerprint density at radius 1 is 1.48 bits per heavy atom. The van der Waals surface area contributed by atoms with Gasteiger partial charge in [-0.05, 0) is 31.5 Å². The first kappa shape index (κ1) is 14.0. The van der Waals surface area contributed by atoms with Gasteiger partial charge < -0.3 is 16.0 Å². The van der Waals surface area contributed by atoms with Crippen LogP contribution in [0.5, 0.6) is 0 Å². The standard InChI is InChI=1S/C15H18FN3O2/c16-12-6-9(14(17)20)3-4-10(12)7-19-8-13-11(15(19)21)2-1-5-18-13/h3-4,6,11,13,18H,1-2,5,7-8H2,(H2,17,20). The molecule has 0 aromatic heterocycles. The van der Waals surface area contributed by atoms with Crippen LogP contribution in [0.2, 0.25) is 0 Å². The second kappa shape index (κ2) is 5.44. The highest BCUT2D eigenvalue weighted by Crippen LogP contribution is 2.28. The van der Waals surface area contributed by atoms with Gasteiger partial charge in [-0.1, -0.05) is 6.07 Å². The lowest BCUT2D eigenvalue weighted by molar-refractivity contribution is -0.131. The quantitative estimate of drug-likeness (QED) is 0.858. The van der Waals surface area contributed by atoms with E-state index < -0.39 is 11.7 Å². The van der Waals surface area contributed by atoms with E-state index in [-0.39, 0.29) is 30.0 Å². The van der Waals surface area contributed by atoms with Crippen molar-refractivity contribution in [1.29, 1.82) is 0 Å². The van der Waals surface area contributed by atoms with Crippen molar-refractivity contribution in [2.24, 2.45) is 11.7 Å². The number of fused-ring (bicyclic) bond motifs is 1. The first-order valence-corrected chi connectivity index (χ1v) is 7.16. The number of hydrogen-bond donors (Lipinski definition) is 2. The highest BCUT2D eigenvalue weighted by atomic mass is 19.1. The summed E-state index contributed by atoms with van der Waals surface area (Å²) in [5, 5.41) is 3.35. The van der Waals surface area contributed by atoms with Crippen LogP contribution in [0.3, 0.4) is 0 Å². The Balaban J connectivity index is 1.75. The topological polar surface area (TPSA) is 75.4 Å². The van der Waals surface area contributed by atoms with Gasteiger partial charge in [0.15, 0.2) is 0 Å². The van der Waals surface area contributed by atoms with E-state index in [9.17, 15) is 14.0 Å². The number of nitrogens with two attached hydrogens (primary N) is 1. The van der Waals surface area contributed by atoms with Crippen molar-refractivity contribution < 1.29 is 14.0 Å². The summed E-state index contributed by atoms with van der Waals surface area (Å²) in [7, 11) is 0. The van der Waals surface area contributed by atoms with Crippen LogP contribution in [0, 0.1) is 11.7 Å². The molecule has 112 valence electrons. The van der Waals surface area contributed by atoms with Gasteiger partial charge in [0, 0.05) is 30.3 Å². The molecule has 2 fully saturated rings. The summed E-state index contributed by atoms with van der Waals surface area (Å²) in [5.41, 5.74) is 5.67. The summed E-state index contributed by atoms with van der Waals surface area (Å²) in [6.07, 6.45) is 1.90. The molecule has 2 heterocycles. The predicted octanol–water partition coefficient (Wildman–Crippen LogP) is 0.635. The Bertz CT molecular complexity index is 590. The van der Waals surface area contributed by atoms with E-state index in [1.54, 1.807) is 4.90 Å². The third kappa shape index (κ3) is 2.63. The summed E-state index contributed by atoms with van der Waals surface area (Å²) in [5.74, 6) is -1.05. The zero-order valence-electron chi connectivity index (χ0n) is 11.6. The van der Waals surface area contributed by atoms with Gasteiger partial charge in [0.1, 0.15) is 5.82 Å². The van der Waals surface area contributed by atoms with Gasteiger partial charge in [-0.15, -0.1) is 0 Å². The molecule has 6 heteroatoms. The number of likely N-dealkylation sites (tertiary alicyclic amines) is 1. The molecule has 0 saturated carbocycles. The fourth-order valence-electron chi connectivity index (χ4n) is 3.18. The van der Waals surface area contributed by atoms with Crippen LogP contribution in [0.1, 0.15) is 28.8 Å². The average molecular weight is 291 g/mol. The van der Waals surface area contributed by atoms with Gasteiger partial charge in [0.2, 0.25) is 11.8 Å². The SMILES string of the molecule is NC(=O)c1ccc(CN2CC3NCCCC3C2=O)c(F)c1. The lowest BCUT2D eigenvalue weighted by Gasteiger charge is -2.23. The van der Waals surface area contributed by atoms with E-state index in [1.165, 1.54) is 12.1 Å². The Morgan fingerprint density at radius 3 is 2.95 bits per heavy atom. The molecular weight excluding hydrogens is 273 g/mol. The van der Waals surface area contributed by atoms with Crippen molar-refractivity contribution in [3.63, 3.8) is 0 Å². The van der Waals surface area contributed by atoms with Crippen LogP contribution in [0.25, 0.3) is 0 Å². The van der Waals surface area contributed by atoms with Gasteiger partial charge in [-0.3, -0.25) is 9.59 Å². The van der Waals surface area contributed by atoms with Gasteiger partial charge in [0.25, 0.3) is 0 Å². The molecular formula is C15H18FN3O2. The third-order valence-electron chi connectivity index (χ3n) is 4.33. The van der Waals surface area contributed by atoms with Crippen molar-refractivity contribution in [2.45, 2.75) is 25.4 Å². The molecule has 3 rings (SSSR count). The van der Waals surface area contributed by atoms with Crippen LogP contribution in [0.4, 0.5) is 4.39 Å². The number of carbonyl (C=O) groups excluding carboxylic acids is 2. The van der Waals surface area contributed by atoms with Crippen LogP contribution >= 0.6 is 0 Å². The third-order valence-corrected chi connectivity index (χ3v) is 4.33. The van der Waals surface area contributed by atoms with E-state index in [0.717, 1.165) is 25.5 Å². The van der Waals surface area contributed by atoms with Crippen molar-refractivity contribution in [1.82, 2.24) is 10.2 Å². The van der Waals surface area contributed by atoms with Crippen molar-refractivity contribution in [3.05, 3.63) is 35.1 Å². The number of benzene rings is 1. The molecule has 1 aromatic carbocycles. The first-order chi connectivity index (χ1) is 10.1. The molecule has 0 bridgehead atoms. The smallest absolute Gasteiger partial charge is 0.248 e. The minimum atomic E-state index is -0.659. The average Bonchev–Trinajstić information content (AvgIpc) is 2.78. The van der Waals surface area contributed by atoms with Crippen molar-refractivity contribution >= 4 is 11.8 Å². The Kier molecular flexibility index (Phi) is 3.63. The van der Waals surface area contributed by atoms with Gasteiger partial charge >= 0.3 is 0 Å². The molecule has 21 heavy (non-hydrogen) atoms. The number of amides is 2. The molecule has 2 aliphatic rings. The lowest BCUT2D eigenvalue weighted by atomic mass is 9.94. The molecule has 3 N–H and O–H groups in total. The second-order valence-electron chi connectivity index (χ2n) is 5.70. The van der Waals surface area contributed by atoms with Gasteiger partial charge in [-0.25, -0.2) is 4.39 Å². The molecule has 0 spiro atoms. The second-order valence-corrected chi connectivity index (χ2v) is 5.70. The molecule has 2 unspecified atom stereocenters. The fraction of sp³-hybridized carbons (Fsp3) is 0.467. The summed E-state index contributed by atoms with van der Waals surface area (Å²) in [6.45, 7) is 1.78. The minimum Gasteiger partial charge on any atom is -0.366 e. The molecule has 1 aromatic rings. The maximum absolute atomic E-state index is 14.0. The molecule has 2 amide bonds. The monoisotopic (exact) mass is 291 g/mol. The number of halogens is 1. The highest BCUT2D eigenvalue weighted by molar-refractivity contribution is 5.92. The van der Waals surface area contributed by atoms with Crippen LogP contribution in [0.15, 0.2) is 18.2 Å². The lowest BCUT2D eigenvalue weighted by Crippen LogP contribution is -2.41. The van der Waals surface area contributed by atoms with Crippen LogP contribution in [-0.2, 0) is 11.3 Å². The summed E-state index contributed by atoms with van der Waals surface area (Å²) < 4.78 is 14.0. The zero-order valence-corrected chi connectivity index (χ0v) is 11.6. The van der Waals surface area contributed by atoms with Gasteiger partial charge in [-0.2, -0.15) is 0 Å². The largest absolute Gasteiger partial charge is 0.366 e. The van der Waals surface area contributed by atoms with Crippen molar-refractivity contribution in [3.8, 4) is 0 Å². The summed E-state index contributed by atoms with van der Waals surface area (Å²) in [6, 6.07) is 4.33. The van der Waals surface area contributed by atoms with E-state index in [0.29, 0.717) is 12.1 Å². The predicted molar refractivity (Wildman–Crippen MR) is 74.8 cm³/mol. The number of rotatable bonds is 3. The van der Waals surface area contributed by atoms with E-state index >= 15 is 0 Å². The zero-order chi connectivity index (χ0) is 15.0. The van der Waals surface area contributed by atoms with Crippen LogP contribution < -0.4 is 11.1 Å². The summed E-state index contributed by atoms with van der Waals surface area (Å²) in [4.78, 5) is 25.0. The Hall–Kier alpha value is -1.95. The van der Waals surface area contributed by atoms with E-state index in [1.807, 2.05) is 0 Å². The number of piperidine rings is 1. The fourth-order valence-corrected chi connectivity index (χ4v) is 3.18.